The molecule has 3 aromatic rings. The quantitative estimate of drug-likeness (QED) is 0.536. The van der Waals surface area contributed by atoms with Crippen molar-refractivity contribution >= 4 is 17.5 Å². The van der Waals surface area contributed by atoms with Crippen molar-refractivity contribution in [3.05, 3.63) is 70.3 Å². The van der Waals surface area contributed by atoms with Crippen molar-refractivity contribution in [1.82, 2.24) is 15.0 Å². The standard InChI is InChI=1S/C23H23ClFN3O2/c1-23(2,3)16-7-4-14(5-8-16)21-26-22(30-27-21)19-10-11-20(29)28(19)13-15-6-9-17(25)12-18(15)24/h4-9,12,19H,10-11,13H2,1-3H3. The summed E-state index contributed by atoms with van der Waals surface area (Å²) in [5.74, 6) is 0.459. The highest BCUT2D eigenvalue weighted by molar-refractivity contribution is 6.31. The van der Waals surface area contributed by atoms with Gasteiger partial charge in [0.15, 0.2) is 0 Å². The Balaban J connectivity index is 1.56. The van der Waals surface area contributed by atoms with Gasteiger partial charge in [-0.15, -0.1) is 0 Å². The Morgan fingerprint density at radius 3 is 2.60 bits per heavy atom. The summed E-state index contributed by atoms with van der Waals surface area (Å²) in [4.78, 5) is 18.7. The van der Waals surface area contributed by atoms with E-state index >= 15 is 0 Å². The van der Waals surface area contributed by atoms with Crippen LogP contribution in [0.2, 0.25) is 5.02 Å². The number of carbonyl (C=O) groups is 1. The van der Waals surface area contributed by atoms with E-state index in [-0.39, 0.29) is 23.9 Å². The molecule has 1 aliphatic rings. The lowest BCUT2D eigenvalue weighted by Gasteiger charge is -2.22. The number of hydrogen-bond acceptors (Lipinski definition) is 4. The zero-order chi connectivity index (χ0) is 21.5. The molecule has 1 amide bonds. The molecule has 0 spiro atoms. The smallest absolute Gasteiger partial charge is 0.249 e. The first-order valence-corrected chi connectivity index (χ1v) is 10.3. The summed E-state index contributed by atoms with van der Waals surface area (Å²) in [6, 6.07) is 11.9. The van der Waals surface area contributed by atoms with Crippen LogP contribution in [0.4, 0.5) is 4.39 Å². The van der Waals surface area contributed by atoms with Gasteiger partial charge in [0, 0.05) is 23.6 Å². The van der Waals surface area contributed by atoms with E-state index in [1.807, 2.05) is 12.1 Å². The molecule has 4 rings (SSSR count). The lowest BCUT2D eigenvalue weighted by atomic mass is 9.87. The van der Waals surface area contributed by atoms with Crippen LogP contribution in [-0.4, -0.2) is 20.9 Å². The van der Waals surface area contributed by atoms with Crippen molar-refractivity contribution < 1.29 is 13.7 Å². The predicted octanol–water partition coefficient (Wildman–Crippen LogP) is 5.69. The average molecular weight is 428 g/mol. The van der Waals surface area contributed by atoms with Gasteiger partial charge >= 0.3 is 0 Å². The van der Waals surface area contributed by atoms with Crippen LogP contribution in [0.25, 0.3) is 11.4 Å². The monoisotopic (exact) mass is 427 g/mol. The van der Waals surface area contributed by atoms with E-state index in [4.69, 9.17) is 16.1 Å². The summed E-state index contributed by atoms with van der Waals surface area (Å²) in [6.07, 6.45) is 0.976. The minimum atomic E-state index is -0.410. The van der Waals surface area contributed by atoms with Crippen LogP contribution < -0.4 is 0 Å². The van der Waals surface area contributed by atoms with E-state index in [2.05, 4.69) is 43.0 Å². The number of nitrogens with zero attached hydrogens (tertiary/aromatic N) is 3. The molecule has 7 heteroatoms. The van der Waals surface area contributed by atoms with Crippen LogP contribution in [0.3, 0.4) is 0 Å². The fourth-order valence-corrected chi connectivity index (χ4v) is 3.86. The number of amides is 1. The van der Waals surface area contributed by atoms with Gasteiger partial charge in [-0.1, -0.05) is 67.9 Å². The second-order valence-corrected chi connectivity index (χ2v) is 9.00. The molecular formula is C23H23ClFN3O2. The Bertz CT molecular complexity index is 1070. The van der Waals surface area contributed by atoms with Crippen molar-refractivity contribution in [3.63, 3.8) is 0 Å². The van der Waals surface area contributed by atoms with Gasteiger partial charge in [-0.25, -0.2) is 4.39 Å². The van der Waals surface area contributed by atoms with Crippen LogP contribution in [0.1, 0.15) is 56.7 Å². The normalized spacial score (nSPS) is 17.0. The van der Waals surface area contributed by atoms with Gasteiger partial charge in [-0.3, -0.25) is 4.79 Å². The van der Waals surface area contributed by atoms with Crippen LogP contribution in [-0.2, 0) is 16.8 Å². The zero-order valence-electron chi connectivity index (χ0n) is 17.2. The minimum Gasteiger partial charge on any atom is -0.337 e. The van der Waals surface area contributed by atoms with Crippen molar-refractivity contribution in [2.75, 3.05) is 0 Å². The summed E-state index contributed by atoms with van der Waals surface area (Å²) in [5.41, 5.74) is 2.82. The van der Waals surface area contributed by atoms with Crippen LogP contribution in [0.15, 0.2) is 47.0 Å². The maximum atomic E-state index is 13.3. The van der Waals surface area contributed by atoms with Crippen LogP contribution in [0, 0.1) is 5.82 Å². The first kappa shape index (κ1) is 20.5. The Hall–Kier alpha value is -2.73. The second-order valence-electron chi connectivity index (χ2n) is 8.60. The number of halogens is 2. The number of benzene rings is 2. The molecule has 1 saturated heterocycles. The van der Waals surface area contributed by atoms with E-state index in [0.717, 1.165) is 5.56 Å². The summed E-state index contributed by atoms with van der Waals surface area (Å²) < 4.78 is 18.9. The lowest BCUT2D eigenvalue weighted by molar-refractivity contribution is -0.129. The summed E-state index contributed by atoms with van der Waals surface area (Å²) in [5, 5.41) is 4.41. The first-order chi connectivity index (χ1) is 14.2. The zero-order valence-corrected chi connectivity index (χ0v) is 17.9. The van der Waals surface area contributed by atoms with Crippen molar-refractivity contribution in [1.29, 1.82) is 0 Å². The summed E-state index contributed by atoms with van der Waals surface area (Å²) in [6.45, 7) is 6.75. The van der Waals surface area contributed by atoms with Crippen molar-refractivity contribution in [3.8, 4) is 11.4 Å². The van der Waals surface area contributed by atoms with Crippen LogP contribution >= 0.6 is 11.6 Å². The Kier molecular flexibility index (Phi) is 5.36. The molecule has 2 aromatic carbocycles. The number of likely N-dealkylation sites (tertiary alicyclic amines) is 1. The van der Waals surface area contributed by atoms with Gasteiger partial charge in [0.05, 0.1) is 0 Å². The highest BCUT2D eigenvalue weighted by Crippen LogP contribution is 2.35. The molecule has 0 N–H and O–H groups in total. The third-order valence-electron chi connectivity index (χ3n) is 5.42. The van der Waals surface area contributed by atoms with E-state index in [9.17, 15) is 9.18 Å². The number of hydrogen-bond donors (Lipinski definition) is 0. The third kappa shape index (κ3) is 4.10. The van der Waals surface area contributed by atoms with E-state index < -0.39 is 5.82 Å². The Morgan fingerprint density at radius 2 is 1.93 bits per heavy atom. The van der Waals surface area contributed by atoms with Gasteiger partial charge in [-0.2, -0.15) is 4.98 Å². The number of carbonyl (C=O) groups excluding carboxylic acids is 1. The molecule has 1 aliphatic heterocycles. The van der Waals surface area contributed by atoms with E-state index in [1.165, 1.54) is 17.7 Å². The number of rotatable bonds is 4. The second kappa shape index (κ2) is 7.84. The molecule has 0 aliphatic carbocycles. The molecule has 0 saturated carbocycles. The molecule has 1 aromatic heterocycles. The van der Waals surface area contributed by atoms with Crippen LogP contribution in [0.5, 0.6) is 0 Å². The number of aromatic nitrogens is 2. The molecule has 5 nitrogen and oxygen atoms in total. The van der Waals surface area contributed by atoms with E-state index in [1.54, 1.807) is 11.0 Å². The summed E-state index contributed by atoms with van der Waals surface area (Å²) >= 11 is 6.15. The van der Waals surface area contributed by atoms with Gasteiger partial charge in [-0.05, 0) is 35.1 Å². The highest BCUT2D eigenvalue weighted by Gasteiger charge is 2.36. The fraction of sp³-hybridized carbons (Fsp3) is 0.348. The maximum Gasteiger partial charge on any atom is 0.249 e. The molecule has 1 fully saturated rings. The van der Waals surface area contributed by atoms with Crippen molar-refractivity contribution in [2.24, 2.45) is 0 Å². The molecule has 1 unspecified atom stereocenters. The molecule has 1 atom stereocenters. The van der Waals surface area contributed by atoms with Crippen molar-refractivity contribution in [2.45, 2.75) is 51.6 Å². The maximum absolute atomic E-state index is 13.3. The largest absolute Gasteiger partial charge is 0.337 e. The Labute approximate surface area is 179 Å². The highest BCUT2D eigenvalue weighted by atomic mass is 35.5. The molecule has 0 radical (unpaired) electrons. The first-order valence-electron chi connectivity index (χ1n) is 9.90. The third-order valence-corrected chi connectivity index (χ3v) is 5.77. The van der Waals surface area contributed by atoms with Gasteiger partial charge in [0.1, 0.15) is 11.9 Å². The van der Waals surface area contributed by atoms with Gasteiger partial charge in [0.2, 0.25) is 17.6 Å². The molecule has 2 heterocycles. The van der Waals surface area contributed by atoms with Gasteiger partial charge in [0.25, 0.3) is 0 Å². The molecule has 0 bridgehead atoms. The van der Waals surface area contributed by atoms with E-state index in [0.29, 0.717) is 35.1 Å². The molecule has 30 heavy (non-hydrogen) atoms. The Morgan fingerprint density at radius 1 is 1.20 bits per heavy atom. The lowest BCUT2D eigenvalue weighted by Crippen LogP contribution is -2.27. The SMILES string of the molecule is CC(C)(C)c1ccc(-c2noc(C3CCC(=O)N3Cc3ccc(F)cc3Cl)n2)cc1. The summed E-state index contributed by atoms with van der Waals surface area (Å²) in [7, 11) is 0. The molecular weight excluding hydrogens is 405 g/mol. The molecule has 156 valence electrons. The average Bonchev–Trinajstić information content (AvgIpc) is 3.31. The topological polar surface area (TPSA) is 59.2 Å². The predicted molar refractivity (Wildman–Crippen MR) is 112 cm³/mol. The van der Waals surface area contributed by atoms with Gasteiger partial charge < -0.3 is 9.42 Å². The fourth-order valence-electron chi connectivity index (χ4n) is 3.63. The minimum absolute atomic E-state index is 0.0188.